The van der Waals surface area contributed by atoms with Crippen molar-refractivity contribution in [1.29, 1.82) is 0 Å². The predicted molar refractivity (Wildman–Crippen MR) is 88.3 cm³/mol. The summed E-state index contributed by atoms with van der Waals surface area (Å²) < 4.78 is 49.9. The molecule has 0 saturated heterocycles. The number of benzene rings is 1. The summed E-state index contributed by atoms with van der Waals surface area (Å²) in [6.45, 7) is 2.45. The Bertz CT molecular complexity index is 843. The monoisotopic (exact) mass is 368 g/mol. The van der Waals surface area contributed by atoms with Gasteiger partial charge in [-0.1, -0.05) is 6.07 Å². The normalized spacial score (nSPS) is 13.2. The van der Waals surface area contributed by atoms with Crippen molar-refractivity contribution in [2.75, 3.05) is 13.8 Å². The van der Waals surface area contributed by atoms with Crippen LogP contribution < -0.4 is 9.47 Å². The molecule has 1 aromatic heterocycles. The number of alkyl halides is 3. The Morgan fingerprint density at radius 1 is 1.19 bits per heavy atom. The number of hydrogen-bond acceptors (Lipinski definition) is 3. The van der Waals surface area contributed by atoms with E-state index in [1.807, 2.05) is 6.07 Å². The van der Waals surface area contributed by atoms with E-state index in [0.717, 1.165) is 10.1 Å². The maximum absolute atomic E-state index is 12.7. The van der Waals surface area contributed by atoms with Gasteiger partial charge in [0.25, 0.3) is 5.91 Å². The van der Waals surface area contributed by atoms with Crippen LogP contribution in [0.15, 0.2) is 24.3 Å². The van der Waals surface area contributed by atoms with Crippen LogP contribution in [0.3, 0.4) is 0 Å². The number of ether oxygens (including phenoxy) is 2. The Balaban J connectivity index is 1.77. The molecule has 1 aliphatic heterocycles. The molecule has 0 bridgehead atoms. The van der Waals surface area contributed by atoms with Gasteiger partial charge < -0.3 is 18.9 Å². The average Bonchev–Trinajstić information content (AvgIpc) is 3.12. The van der Waals surface area contributed by atoms with Gasteiger partial charge in [-0.3, -0.25) is 4.79 Å². The first-order valence-electron chi connectivity index (χ1n) is 8.03. The first-order chi connectivity index (χ1) is 12.2. The Kier molecular flexibility index (Phi) is 4.60. The predicted octanol–water partition coefficient (Wildman–Crippen LogP) is 3.67. The lowest BCUT2D eigenvalue weighted by atomic mass is 10.1. The van der Waals surface area contributed by atoms with Crippen molar-refractivity contribution < 1.29 is 27.4 Å². The van der Waals surface area contributed by atoms with E-state index < -0.39 is 12.7 Å². The zero-order valence-electron chi connectivity index (χ0n) is 14.7. The van der Waals surface area contributed by atoms with Gasteiger partial charge in [0.15, 0.2) is 11.5 Å². The molecule has 0 aliphatic carbocycles. The number of aromatic nitrogens is 1. The summed E-state index contributed by atoms with van der Waals surface area (Å²) in [7, 11) is 1.61. The highest BCUT2D eigenvalue weighted by Gasteiger charge is 2.30. The number of rotatable bonds is 4. The first-order valence-corrected chi connectivity index (χ1v) is 8.03. The molecule has 0 unspecified atom stereocenters. The molecule has 3 rings (SSSR count). The zero-order valence-corrected chi connectivity index (χ0v) is 14.7. The van der Waals surface area contributed by atoms with Crippen molar-refractivity contribution in [1.82, 2.24) is 9.47 Å². The summed E-state index contributed by atoms with van der Waals surface area (Å²) in [5, 5.41) is 0. The third kappa shape index (κ3) is 3.63. The Labute approximate surface area is 148 Å². The molecule has 1 aromatic carbocycles. The number of amides is 1. The summed E-state index contributed by atoms with van der Waals surface area (Å²) in [6, 6.07) is 6.88. The lowest BCUT2D eigenvalue weighted by Gasteiger charge is -2.18. The Hall–Kier alpha value is -2.64. The van der Waals surface area contributed by atoms with Crippen LogP contribution in [-0.4, -0.2) is 35.4 Å². The summed E-state index contributed by atoms with van der Waals surface area (Å²) in [4.78, 5) is 14.2. The van der Waals surface area contributed by atoms with E-state index in [2.05, 4.69) is 0 Å². The van der Waals surface area contributed by atoms with Gasteiger partial charge in [-0.15, -0.1) is 0 Å². The highest BCUT2D eigenvalue weighted by Crippen LogP contribution is 2.33. The molecule has 8 heteroatoms. The topological polar surface area (TPSA) is 43.7 Å². The molecule has 0 spiro atoms. The molecule has 5 nitrogen and oxygen atoms in total. The summed E-state index contributed by atoms with van der Waals surface area (Å²) in [5.41, 5.74) is 1.83. The SMILES string of the molecule is Cc1cc(C(=O)N(C)Cc2ccc3c(c2)OCO3)c(C)n1CC(F)(F)F. The lowest BCUT2D eigenvalue weighted by molar-refractivity contribution is -0.141. The fraction of sp³-hybridized carbons (Fsp3) is 0.389. The van der Waals surface area contributed by atoms with Crippen LogP contribution in [0.25, 0.3) is 0 Å². The van der Waals surface area contributed by atoms with Crippen LogP contribution in [-0.2, 0) is 13.1 Å². The van der Waals surface area contributed by atoms with Crippen LogP contribution >= 0.6 is 0 Å². The zero-order chi connectivity index (χ0) is 19.1. The van der Waals surface area contributed by atoms with E-state index in [0.29, 0.717) is 29.4 Å². The summed E-state index contributed by atoms with van der Waals surface area (Å²) in [6.07, 6.45) is -4.34. The van der Waals surface area contributed by atoms with Gasteiger partial charge in [0.2, 0.25) is 6.79 Å². The van der Waals surface area contributed by atoms with Crippen LogP contribution in [0.5, 0.6) is 11.5 Å². The minimum absolute atomic E-state index is 0.165. The third-order valence-corrected chi connectivity index (χ3v) is 4.34. The van der Waals surface area contributed by atoms with E-state index in [9.17, 15) is 18.0 Å². The van der Waals surface area contributed by atoms with Crippen LogP contribution in [0.4, 0.5) is 13.2 Å². The first kappa shape index (κ1) is 18.2. The van der Waals surface area contributed by atoms with Crippen LogP contribution in [0.2, 0.25) is 0 Å². The van der Waals surface area contributed by atoms with Gasteiger partial charge >= 0.3 is 6.18 Å². The van der Waals surface area contributed by atoms with Crippen molar-refractivity contribution in [2.45, 2.75) is 33.1 Å². The molecule has 0 radical (unpaired) electrons. The molecular weight excluding hydrogens is 349 g/mol. The van der Waals surface area contributed by atoms with Crippen molar-refractivity contribution in [3.8, 4) is 11.5 Å². The highest BCUT2D eigenvalue weighted by molar-refractivity contribution is 5.95. The maximum atomic E-state index is 12.7. The van der Waals surface area contributed by atoms with Gasteiger partial charge in [0.05, 0.1) is 5.56 Å². The fourth-order valence-electron chi connectivity index (χ4n) is 3.03. The molecule has 140 valence electrons. The van der Waals surface area contributed by atoms with Crippen LogP contribution in [0, 0.1) is 13.8 Å². The van der Waals surface area contributed by atoms with Gasteiger partial charge in [0, 0.05) is 25.0 Å². The van der Waals surface area contributed by atoms with Crippen molar-refractivity contribution in [3.63, 3.8) is 0 Å². The highest BCUT2D eigenvalue weighted by atomic mass is 19.4. The minimum atomic E-state index is -4.34. The molecule has 2 aromatic rings. The third-order valence-electron chi connectivity index (χ3n) is 4.34. The smallest absolute Gasteiger partial charge is 0.406 e. The van der Waals surface area contributed by atoms with Gasteiger partial charge in [-0.05, 0) is 37.6 Å². The molecular formula is C18H19F3N2O3. The molecule has 0 atom stereocenters. The van der Waals surface area contributed by atoms with E-state index in [4.69, 9.17) is 9.47 Å². The second kappa shape index (κ2) is 6.59. The number of carbonyl (C=O) groups is 1. The maximum Gasteiger partial charge on any atom is 0.406 e. The minimum Gasteiger partial charge on any atom is -0.454 e. The van der Waals surface area contributed by atoms with E-state index >= 15 is 0 Å². The Morgan fingerprint density at radius 2 is 1.88 bits per heavy atom. The number of halogens is 3. The molecule has 1 amide bonds. The standard InChI is InChI=1S/C18H19F3N2O3/c1-11-6-14(12(2)23(11)9-18(19,20)21)17(24)22(3)8-13-4-5-15-16(7-13)26-10-25-15/h4-7H,8-10H2,1-3H3. The fourth-order valence-corrected chi connectivity index (χ4v) is 3.03. The molecule has 0 fully saturated rings. The van der Waals surface area contributed by atoms with Crippen LogP contribution in [0.1, 0.15) is 27.3 Å². The number of nitrogens with zero attached hydrogens (tertiary/aromatic N) is 2. The lowest BCUT2D eigenvalue weighted by Crippen LogP contribution is -2.27. The van der Waals surface area contributed by atoms with Crippen molar-refractivity contribution in [2.24, 2.45) is 0 Å². The summed E-state index contributed by atoms with van der Waals surface area (Å²) in [5.74, 6) is 0.939. The van der Waals surface area contributed by atoms with Gasteiger partial charge in [0.1, 0.15) is 6.54 Å². The average molecular weight is 368 g/mol. The number of carbonyl (C=O) groups excluding carboxylic acids is 1. The molecule has 0 saturated carbocycles. The molecule has 26 heavy (non-hydrogen) atoms. The number of fused-ring (bicyclic) bond motifs is 1. The van der Waals surface area contributed by atoms with Crippen molar-refractivity contribution in [3.05, 3.63) is 46.8 Å². The van der Waals surface area contributed by atoms with Gasteiger partial charge in [-0.25, -0.2) is 0 Å². The Morgan fingerprint density at radius 3 is 2.58 bits per heavy atom. The largest absolute Gasteiger partial charge is 0.454 e. The van der Waals surface area contributed by atoms with E-state index in [-0.39, 0.29) is 18.3 Å². The molecule has 2 heterocycles. The summed E-state index contributed by atoms with van der Waals surface area (Å²) >= 11 is 0. The second-order valence-electron chi connectivity index (χ2n) is 6.33. The number of aryl methyl sites for hydroxylation is 1. The van der Waals surface area contributed by atoms with E-state index in [1.54, 1.807) is 26.1 Å². The van der Waals surface area contributed by atoms with Crippen molar-refractivity contribution >= 4 is 5.91 Å². The quantitative estimate of drug-likeness (QED) is 0.827. The molecule has 0 N–H and O–H groups in total. The van der Waals surface area contributed by atoms with E-state index in [1.165, 1.54) is 17.9 Å². The van der Waals surface area contributed by atoms with Gasteiger partial charge in [-0.2, -0.15) is 13.2 Å². The molecule has 1 aliphatic rings. The number of hydrogen-bond donors (Lipinski definition) is 0. The second-order valence-corrected chi connectivity index (χ2v) is 6.33.